The molecule has 0 saturated carbocycles. The third-order valence-corrected chi connectivity index (χ3v) is 4.22. The Labute approximate surface area is 167 Å². The summed E-state index contributed by atoms with van der Waals surface area (Å²) in [6, 6.07) is 6.63. The Bertz CT molecular complexity index is 766. The lowest BCUT2D eigenvalue weighted by Crippen LogP contribution is -2.38. The molecule has 28 heavy (non-hydrogen) atoms. The maximum Gasteiger partial charge on any atom is 0.216 e. The highest BCUT2D eigenvalue weighted by atomic mass is 19.1. The zero-order chi connectivity index (χ0) is 20.6. The number of aromatic nitrogens is 1. The third kappa shape index (κ3) is 6.87. The van der Waals surface area contributed by atoms with E-state index in [1.807, 2.05) is 24.9 Å². The van der Waals surface area contributed by atoms with Gasteiger partial charge in [-0.1, -0.05) is 26.8 Å². The van der Waals surface area contributed by atoms with Crippen molar-refractivity contribution in [1.29, 1.82) is 0 Å². The number of anilines is 1. The van der Waals surface area contributed by atoms with Gasteiger partial charge in [0.1, 0.15) is 18.1 Å². The Morgan fingerprint density at radius 1 is 1.29 bits per heavy atom. The van der Waals surface area contributed by atoms with E-state index in [1.165, 1.54) is 6.07 Å². The standard InChI is InChI=1S/C21H32FN5O/c1-6-23-20(26-15-19-25-14-18(28-19)21(2,3)4)24-11-8-12-27(5)17-10-7-9-16(22)13-17/h7,9-10,13-14H,6,8,11-12,15H2,1-5H3,(H2,23,24,26). The predicted octanol–water partition coefficient (Wildman–Crippen LogP) is 3.69. The van der Waals surface area contributed by atoms with Crippen LogP contribution in [0.5, 0.6) is 0 Å². The first-order valence-corrected chi connectivity index (χ1v) is 9.73. The number of rotatable bonds is 8. The highest BCUT2D eigenvalue weighted by Crippen LogP contribution is 2.22. The van der Waals surface area contributed by atoms with Gasteiger partial charge in [0.05, 0.1) is 6.20 Å². The fraction of sp³-hybridized carbons (Fsp3) is 0.524. The number of halogens is 1. The lowest BCUT2D eigenvalue weighted by atomic mass is 9.94. The summed E-state index contributed by atoms with van der Waals surface area (Å²) in [6.07, 6.45) is 2.66. The minimum absolute atomic E-state index is 0.0641. The normalized spacial score (nSPS) is 12.1. The lowest BCUT2D eigenvalue weighted by Gasteiger charge is -2.19. The molecule has 2 rings (SSSR count). The summed E-state index contributed by atoms with van der Waals surface area (Å²) in [6.45, 7) is 11.0. The molecule has 1 aromatic heterocycles. The van der Waals surface area contributed by atoms with Gasteiger partial charge in [-0.2, -0.15) is 0 Å². The monoisotopic (exact) mass is 389 g/mol. The third-order valence-electron chi connectivity index (χ3n) is 4.22. The van der Waals surface area contributed by atoms with Crippen LogP contribution in [0.4, 0.5) is 10.1 Å². The van der Waals surface area contributed by atoms with Crippen LogP contribution in [0.3, 0.4) is 0 Å². The number of nitrogens with one attached hydrogen (secondary N) is 2. The molecule has 7 heteroatoms. The highest BCUT2D eigenvalue weighted by Gasteiger charge is 2.19. The van der Waals surface area contributed by atoms with Crippen molar-refractivity contribution in [3.05, 3.63) is 47.9 Å². The molecule has 0 fully saturated rings. The molecule has 154 valence electrons. The van der Waals surface area contributed by atoms with Crippen LogP contribution in [0.1, 0.15) is 45.8 Å². The first-order chi connectivity index (χ1) is 13.3. The minimum Gasteiger partial charge on any atom is -0.443 e. The second kappa shape index (κ2) is 10.1. The van der Waals surface area contributed by atoms with E-state index in [9.17, 15) is 4.39 Å². The number of nitrogens with zero attached hydrogens (tertiary/aromatic N) is 3. The van der Waals surface area contributed by atoms with E-state index in [1.54, 1.807) is 18.3 Å². The maximum atomic E-state index is 13.3. The molecule has 2 aromatic rings. The van der Waals surface area contributed by atoms with Crippen molar-refractivity contribution in [2.45, 2.75) is 46.1 Å². The first-order valence-electron chi connectivity index (χ1n) is 9.73. The van der Waals surface area contributed by atoms with Gasteiger partial charge in [0.2, 0.25) is 5.89 Å². The lowest BCUT2D eigenvalue weighted by molar-refractivity contribution is 0.383. The molecule has 0 unspecified atom stereocenters. The minimum atomic E-state index is -0.217. The number of hydrogen-bond donors (Lipinski definition) is 2. The van der Waals surface area contributed by atoms with Crippen LogP contribution < -0.4 is 15.5 Å². The molecule has 1 aromatic carbocycles. The summed E-state index contributed by atoms with van der Waals surface area (Å²) in [5, 5.41) is 6.54. The van der Waals surface area contributed by atoms with Gasteiger partial charge < -0.3 is 20.0 Å². The summed E-state index contributed by atoms with van der Waals surface area (Å²) >= 11 is 0. The van der Waals surface area contributed by atoms with Gasteiger partial charge in [0, 0.05) is 37.8 Å². The molecule has 0 aliphatic carbocycles. The van der Waals surface area contributed by atoms with Gasteiger partial charge in [0.15, 0.2) is 5.96 Å². The Balaban J connectivity index is 1.82. The van der Waals surface area contributed by atoms with E-state index >= 15 is 0 Å². The molecular weight excluding hydrogens is 357 g/mol. The Hall–Kier alpha value is -2.57. The van der Waals surface area contributed by atoms with Crippen LogP contribution in [0.15, 0.2) is 39.9 Å². The molecule has 0 spiro atoms. The molecule has 0 aliphatic rings. The molecule has 6 nitrogen and oxygen atoms in total. The molecule has 0 aliphatic heterocycles. The molecule has 0 saturated heterocycles. The Morgan fingerprint density at radius 2 is 2.07 bits per heavy atom. The number of hydrogen-bond acceptors (Lipinski definition) is 4. The fourth-order valence-corrected chi connectivity index (χ4v) is 2.58. The van der Waals surface area contributed by atoms with Gasteiger partial charge in [-0.3, -0.25) is 0 Å². The van der Waals surface area contributed by atoms with E-state index in [0.717, 1.165) is 43.5 Å². The van der Waals surface area contributed by atoms with E-state index in [2.05, 4.69) is 41.4 Å². The summed E-state index contributed by atoms with van der Waals surface area (Å²) < 4.78 is 19.1. The summed E-state index contributed by atoms with van der Waals surface area (Å²) in [5.74, 6) is 1.97. The summed E-state index contributed by atoms with van der Waals surface area (Å²) in [4.78, 5) is 10.9. The van der Waals surface area contributed by atoms with E-state index in [4.69, 9.17) is 4.42 Å². The maximum absolute atomic E-state index is 13.3. The first kappa shape index (κ1) is 21.7. The van der Waals surface area contributed by atoms with Crippen molar-refractivity contribution >= 4 is 11.6 Å². The predicted molar refractivity (Wildman–Crippen MR) is 112 cm³/mol. The number of aliphatic imine (C=N–C) groups is 1. The molecule has 1 heterocycles. The van der Waals surface area contributed by atoms with Crippen LogP contribution >= 0.6 is 0 Å². The smallest absolute Gasteiger partial charge is 0.216 e. The fourth-order valence-electron chi connectivity index (χ4n) is 2.58. The molecule has 0 radical (unpaired) electrons. The molecule has 0 atom stereocenters. The van der Waals surface area contributed by atoms with E-state index in [0.29, 0.717) is 12.4 Å². The molecule has 0 bridgehead atoms. The Morgan fingerprint density at radius 3 is 2.71 bits per heavy atom. The van der Waals surface area contributed by atoms with Crippen LogP contribution in [0.2, 0.25) is 0 Å². The SMILES string of the molecule is CCNC(=NCc1ncc(C(C)(C)C)o1)NCCCN(C)c1cccc(F)c1. The van der Waals surface area contributed by atoms with Gasteiger partial charge >= 0.3 is 0 Å². The second-order valence-corrected chi connectivity index (χ2v) is 7.75. The van der Waals surface area contributed by atoms with Gasteiger partial charge in [0.25, 0.3) is 0 Å². The Kier molecular flexibility index (Phi) is 7.84. The summed E-state index contributed by atoms with van der Waals surface area (Å²) in [7, 11) is 1.96. The van der Waals surface area contributed by atoms with Gasteiger partial charge in [-0.25, -0.2) is 14.4 Å². The van der Waals surface area contributed by atoms with Crippen molar-refractivity contribution in [3.63, 3.8) is 0 Å². The molecule has 2 N–H and O–H groups in total. The van der Waals surface area contributed by atoms with Gasteiger partial charge in [-0.15, -0.1) is 0 Å². The van der Waals surface area contributed by atoms with Crippen LogP contribution in [-0.4, -0.2) is 37.6 Å². The number of guanidine groups is 1. The topological polar surface area (TPSA) is 65.7 Å². The van der Waals surface area contributed by atoms with Gasteiger partial charge in [-0.05, 0) is 31.5 Å². The van der Waals surface area contributed by atoms with Crippen molar-refractivity contribution in [2.24, 2.45) is 4.99 Å². The average molecular weight is 390 g/mol. The van der Waals surface area contributed by atoms with E-state index in [-0.39, 0.29) is 11.2 Å². The average Bonchev–Trinajstić information content (AvgIpc) is 3.12. The zero-order valence-corrected chi connectivity index (χ0v) is 17.6. The number of benzene rings is 1. The summed E-state index contributed by atoms with van der Waals surface area (Å²) in [5.41, 5.74) is 0.810. The zero-order valence-electron chi connectivity index (χ0n) is 17.6. The van der Waals surface area contributed by atoms with Crippen LogP contribution in [0.25, 0.3) is 0 Å². The molecular formula is C21H32FN5O. The quantitative estimate of drug-likeness (QED) is 0.409. The largest absolute Gasteiger partial charge is 0.443 e. The van der Waals surface area contributed by atoms with Crippen molar-refractivity contribution < 1.29 is 8.81 Å². The van der Waals surface area contributed by atoms with Crippen LogP contribution in [-0.2, 0) is 12.0 Å². The van der Waals surface area contributed by atoms with E-state index < -0.39 is 0 Å². The van der Waals surface area contributed by atoms with Crippen molar-refractivity contribution in [3.8, 4) is 0 Å². The van der Waals surface area contributed by atoms with Crippen LogP contribution in [0, 0.1) is 5.82 Å². The second-order valence-electron chi connectivity index (χ2n) is 7.75. The van der Waals surface area contributed by atoms with Crippen molar-refractivity contribution in [1.82, 2.24) is 15.6 Å². The molecule has 0 amide bonds. The highest BCUT2D eigenvalue weighted by molar-refractivity contribution is 5.79. The van der Waals surface area contributed by atoms with Crippen molar-refractivity contribution in [2.75, 3.05) is 31.6 Å². The number of oxazole rings is 1.